The highest BCUT2D eigenvalue weighted by Gasteiger charge is 2.31. The highest BCUT2D eigenvalue weighted by molar-refractivity contribution is 5.94. The summed E-state index contributed by atoms with van der Waals surface area (Å²) in [5.41, 5.74) is 1.06. The second-order valence-corrected chi connectivity index (χ2v) is 8.37. The van der Waals surface area contributed by atoms with Gasteiger partial charge >= 0.3 is 6.18 Å². The molecule has 0 saturated carbocycles. The van der Waals surface area contributed by atoms with Gasteiger partial charge in [0.15, 0.2) is 0 Å². The molecule has 0 saturated heterocycles. The van der Waals surface area contributed by atoms with Gasteiger partial charge in [0, 0.05) is 42.6 Å². The van der Waals surface area contributed by atoms with Gasteiger partial charge in [-0.05, 0) is 44.8 Å². The predicted octanol–water partition coefficient (Wildman–Crippen LogP) is 3.23. The van der Waals surface area contributed by atoms with Crippen LogP contribution in [0.15, 0.2) is 48.6 Å². The zero-order valence-electron chi connectivity index (χ0n) is 19.8. The molecule has 0 radical (unpaired) electrons. The van der Waals surface area contributed by atoms with Crippen molar-refractivity contribution in [3.8, 4) is 17.3 Å². The zero-order chi connectivity index (χ0) is 25.7. The molecule has 0 fully saturated rings. The van der Waals surface area contributed by atoms with Crippen LogP contribution in [-0.2, 0) is 6.18 Å². The summed E-state index contributed by atoms with van der Waals surface area (Å²) in [6.45, 7) is 2.32. The summed E-state index contributed by atoms with van der Waals surface area (Å²) in [7, 11) is 3.99. The minimum Gasteiger partial charge on any atom is -0.372 e. The molecule has 4 rings (SSSR count). The van der Waals surface area contributed by atoms with Gasteiger partial charge in [0.2, 0.25) is 5.95 Å². The molecular formula is C24H26F3N9. The lowest BCUT2D eigenvalue weighted by molar-refractivity contribution is -0.137. The number of pyridine rings is 1. The normalized spacial score (nSPS) is 15.6. The molecule has 3 aromatic rings. The van der Waals surface area contributed by atoms with Crippen molar-refractivity contribution < 1.29 is 13.2 Å². The molecule has 0 aromatic carbocycles. The minimum atomic E-state index is -4.54. The number of likely N-dealkylation sites (N-methyl/N-ethyl adjacent to an activating group) is 1. The molecule has 1 aliphatic rings. The molecule has 0 aliphatic carbocycles. The summed E-state index contributed by atoms with van der Waals surface area (Å²) in [6, 6.07) is 3.01. The Kier molecular flexibility index (Phi) is 7.52. The summed E-state index contributed by atoms with van der Waals surface area (Å²) in [6.07, 6.45) is 6.21. The number of fused-ring (bicyclic) bond motifs is 1. The lowest BCUT2D eigenvalue weighted by atomic mass is 10.1. The van der Waals surface area contributed by atoms with E-state index in [0.29, 0.717) is 12.1 Å². The fourth-order valence-electron chi connectivity index (χ4n) is 3.83. The highest BCUT2D eigenvalue weighted by Crippen LogP contribution is 2.34. The molecule has 3 aromatic heterocycles. The molecule has 36 heavy (non-hydrogen) atoms. The third kappa shape index (κ3) is 5.64. The number of nitriles is 1. The van der Waals surface area contributed by atoms with Crippen molar-refractivity contribution in [3.63, 3.8) is 0 Å². The third-order valence-electron chi connectivity index (χ3n) is 5.82. The van der Waals surface area contributed by atoms with E-state index in [1.165, 1.54) is 12.4 Å². The van der Waals surface area contributed by atoms with Crippen molar-refractivity contribution in [1.29, 1.82) is 5.26 Å². The van der Waals surface area contributed by atoms with Crippen LogP contribution in [0.2, 0.25) is 0 Å². The lowest BCUT2D eigenvalue weighted by Gasteiger charge is -2.28. The van der Waals surface area contributed by atoms with Crippen LogP contribution in [0, 0.1) is 11.3 Å². The maximum absolute atomic E-state index is 13.2. The number of aromatic nitrogens is 4. The van der Waals surface area contributed by atoms with Crippen LogP contribution in [0.3, 0.4) is 0 Å². The Labute approximate surface area is 206 Å². The fourth-order valence-corrected chi connectivity index (χ4v) is 3.83. The van der Waals surface area contributed by atoms with Gasteiger partial charge in [0.05, 0.1) is 29.2 Å². The largest absolute Gasteiger partial charge is 0.417 e. The number of nitrogens with zero attached hydrogens (tertiary/aromatic N) is 5. The Hall–Kier alpha value is -3.95. The standard InChI is InChI=1S/C24H26F3N9/c1-29-6-3-7-36(2)20-5-4-15(10-30-20)11-33-23-34-12-16(9-28)21(35-23)19-14-32-22-18(19)8-17(13-31-22)24(25,26)27/h4-5,8,10,12-14,20,29-30H,3,6-7,11H2,1-2H3,(H,31,32)(H,33,34,35). The number of anilines is 1. The van der Waals surface area contributed by atoms with E-state index >= 15 is 0 Å². The van der Waals surface area contributed by atoms with Crippen molar-refractivity contribution in [3.05, 3.63) is 59.7 Å². The zero-order valence-corrected chi connectivity index (χ0v) is 19.8. The van der Waals surface area contributed by atoms with E-state index < -0.39 is 11.7 Å². The molecule has 1 unspecified atom stereocenters. The number of nitrogens with one attached hydrogen (secondary N) is 4. The van der Waals surface area contributed by atoms with Crippen molar-refractivity contribution in [2.45, 2.75) is 18.8 Å². The minimum absolute atomic E-state index is 0.0976. The molecule has 0 amide bonds. The van der Waals surface area contributed by atoms with E-state index in [9.17, 15) is 18.4 Å². The SMILES string of the molecule is CNCCCN(C)C1C=CC(CNc2ncc(C#N)c(-c3c[nH]c4ncc(C(F)(F)F)cc34)n2)=CN1. The van der Waals surface area contributed by atoms with Crippen LogP contribution in [0.4, 0.5) is 19.1 Å². The van der Waals surface area contributed by atoms with Crippen LogP contribution in [0.5, 0.6) is 0 Å². The number of rotatable bonds is 9. The van der Waals surface area contributed by atoms with E-state index in [1.54, 1.807) is 0 Å². The summed E-state index contributed by atoms with van der Waals surface area (Å²) in [4.78, 5) is 17.5. The number of hydrogen-bond donors (Lipinski definition) is 4. The topological polar surface area (TPSA) is 118 Å². The van der Waals surface area contributed by atoms with Gasteiger partial charge < -0.3 is 20.9 Å². The van der Waals surface area contributed by atoms with Crippen molar-refractivity contribution in [2.75, 3.05) is 39.0 Å². The van der Waals surface area contributed by atoms with Gasteiger partial charge in [-0.3, -0.25) is 4.90 Å². The average molecular weight is 498 g/mol. The van der Waals surface area contributed by atoms with E-state index in [-0.39, 0.29) is 34.4 Å². The first-order chi connectivity index (χ1) is 17.3. The van der Waals surface area contributed by atoms with Gasteiger partial charge in [-0.1, -0.05) is 6.08 Å². The van der Waals surface area contributed by atoms with Crippen molar-refractivity contribution in [2.24, 2.45) is 0 Å². The lowest BCUT2D eigenvalue weighted by Crippen LogP contribution is -2.42. The summed E-state index contributed by atoms with van der Waals surface area (Å²) < 4.78 is 39.7. The van der Waals surface area contributed by atoms with Crippen LogP contribution >= 0.6 is 0 Å². The smallest absolute Gasteiger partial charge is 0.372 e. The molecule has 4 N–H and O–H groups in total. The fraction of sp³-hybridized carbons (Fsp3) is 0.333. The van der Waals surface area contributed by atoms with Crippen LogP contribution in [0.1, 0.15) is 17.5 Å². The van der Waals surface area contributed by atoms with Gasteiger partial charge in [0.1, 0.15) is 11.7 Å². The van der Waals surface area contributed by atoms with E-state index in [0.717, 1.165) is 37.3 Å². The van der Waals surface area contributed by atoms with Crippen LogP contribution in [-0.4, -0.2) is 64.7 Å². The van der Waals surface area contributed by atoms with E-state index in [1.807, 2.05) is 25.4 Å². The molecule has 188 valence electrons. The number of halogens is 3. The van der Waals surface area contributed by atoms with Crippen LogP contribution < -0.4 is 16.0 Å². The third-order valence-corrected chi connectivity index (χ3v) is 5.82. The Morgan fingerprint density at radius 3 is 2.78 bits per heavy atom. The molecular weight excluding hydrogens is 471 g/mol. The van der Waals surface area contributed by atoms with E-state index in [4.69, 9.17) is 0 Å². The second-order valence-electron chi connectivity index (χ2n) is 8.37. The molecule has 0 spiro atoms. The van der Waals surface area contributed by atoms with Gasteiger partial charge in [-0.25, -0.2) is 15.0 Å². The first-order valence-corrected chi connectivity index (χ1v) is 11.3. The Morgan fingerprint density at radius 2 is 2.08 bits per heavy atom. The van der Waals surface area contributed by atoms with Crippen molar-refractivity contribution in [1.82, 2.24) is 35.5 Å². The highest BCUT2D eigenvalue weighted by atomic mass is 19.4. The maximum Gasteiger partial charge on any atom is 0.417 e. The molecule has 1 atom stereocenters. The van der Waals surface area contributed by atoms with Gasteiger partial charge in [0.25, 0.3) is 0 Å². The number of H-pyrrole nitrogens is 1. The number of alkyl halides is 3. The summed E-state index contributed by atoms with van der Waals surface area (Å²) in [5.74, 6) is 0.249. The molecule has 9 nitrogen and oxygen atoms in total. The van der Waals surface area contributed by atoms with Gasteiger partial charge in [-0.2, -0.15) is 18.4 Å². The van der Waals surface area contributed by atoms with E-state index in [2.05, 4.69) is 53.9 Å². The quantitative estimate of drug-likeness (QED) is 0.333. The average Bonchev–Trinajstić information content (AvgIpc) is 3.30. The maximum atomic E-state index is 13.2. The second kappa shape index (κ2) is 10.8. The Bertz CT molecular complexity index is 1320. The molecule has 1 aliphatic heterocycles. The first kappa shape index (κ1) is 25.2. The molecule has 0 bridgehead atoms. The summed E-state index contributed by atoms with van der Waals surface area (Å²) in [5, 5.41) is 19.4. The predicted molar refractivity (Wildman–Crippen MR) is 131 cm³/mol. The molecule has 12 heteroatoms. The Balaban J connectivity index is 1.49. The number of hydrogen-bond acceptors (Lipinski definition) is 8. The van der Waals surface area contributed by atoms with Crippen molar-refractivity contribution >= 4 is 17.0 Å². The van der Waals surface area contributed by atoms with Crippen LogP contribution in [0.25, 0.3) is 22.3 Å². The Morgan fingerprint density at radius 1 is 1.25 bits per heavy atom. The monoisotopic (exact) mass is 497 g/mol. The summed E-state index contributed by atoms with van der Waals surface area (Å²) >= 11 is 0. The van der Waals surface area contributed by atoms with Gasteiger partial charge in [-0.15, -0.1) is 0 Å². The first-order valence-electron chi connectivity index (χ1n) is 11.3. The molecule has 4 heterocycles. The number of aromatic amines is 1. The number of dihydropyridines is 1.